The topological polar surface area (TPSA) is 122 Å². The van der Waals surface area contributed by atoms with Gasteiger partial charge < -0.3 is 0 Å². The molecule has 178 valence electrons. The average molecular weight is 447 g/mol. The number of nitrogens with two attached hydrogens (primary N) is 1. The molecular weight excluding hydrogens is 408 g/mol. The summed E-state index contributed by atoms with van der Waals surface area (Å²) in [5, 5.41) is 0.874. The predicted octanol–water partition coefficient (Wildman–Crippen LogP) is 3.72. The maximum atomic E-state index is 13.3. The number of nitrogen functional groups attached to an aromatic ring is 1. The van der Waals surface area contributed by atoms with E-state index < -0.39 is 17.7 Å². The van der Waals surface area contributed by atoms with Crippen molar-refractivity contribution in [2.75, 3.05) is 0 Å². The molecule has 4 N–H and O–H groups in total. The molecule has 1 aromatic rings. The van der Waals surface area contributed by atoms with Gasteiger partial charge in [-0.2, -0.15) is 5.01 Å². The van der Waals surface area contributed by atoms with E-state index in [2.05, 4.69) is 12.3 Å². The van der Waals surface area contributed by atoms with E-state index in [-0.39, 0.29) is 28.9 Å². The first kappa shape index (κ1) is 27.3. The van der Waals surface area contributed by atoms with Crippen LogP contribution in [0.1, 0.15) is 99.8 Å². The summed E-state index contributed by atoms with van der Waals surface area (Å²) in [6.45, 7) is 7.92. The number of rotatable bonds is 12. The van der Waals surface area contributed by atoms with E-state index >= 15 is 0 Å². The van der Waals surface area contributed by atoms with Gasteiger partial charge in [-0.25, -0.2) is 5.84 Å². The molecule has 8 heteroatoms. The smallest absolute Gasteiger partial charge is 0.279 e. The number of unbranched alkanes of at least 4 members (excludes halogenated alkanes) is 2. The minimum absolute atomic E-state index is 0.194. The lowest BCUT2D eigenvalue weighted by atomic mass is 9.97. The molecule has 2 atom stereocenters. The number of nitrogens with one attached hydrogen (secondary N) is 2. The van der Waals surface area contributed by atoms with Gasteiger partial charge >= 0.3 is 0 Å². The van der Waals surface area contributed by atoms with Crippen molar-refractivity contribution in [1.82, 2.24) is 15.9 Å². The number of imide groups is 1. The van der Waals surface area contributed by atoms with Gasteiger partial charge in [0.25, 0.3) is 17.7 Å². The number of hydrogen-bond acceptors (Lipinski definition) is 5. The molecule has 8 nitrogen and oxygen atoms in total. The molecule has 1 aromatic carbocycles. The van der Waals surface area contributed by atoms with Gasteiger partial charge in [0.05, 0.1) is 0 Å². The van der Waals surface area contributed by atoms with Gasteiger partial charge in [-0.15, -0.1) is 0 Å². The highest BCUT2D eigenvalue weighted by Gasteiger charge is 2.31. The van der Waals surface area contributed by atoms with Gasteiger partial charge in [0.1, 0.15) is 0 Å². The van der Waals surface area contributed by atoms with Crippen molar-refractivity contribution < 1.29 is 19.2 Å². The zero-order valence-electron chi connectivity index (χ0n) is 19.8. The molecule has 0 aliphatic heterocycles. The Morgan fingerprint density at radius 2 is 1.34 bits per heavy atom. The highest BCUT2D eigenvalue weighted by molar-refractivity contribution is 6.06. The van der Waals surface area contributed by atoms with Crippen LogP contribution in [-0.2, 0) is 9.59 Å². The summed E-state index contributed by atoms with van der Waals surface area (Å²) < 4.78 is 0. The van der Waals surface area contributed by atoms with Gasteiger partial charge in [-0.3, -0.25) is 30.0 Å². The van der Waals surface area contributed by atoms with Crippen molar-refractivity contribution in [2.24, 2.45) is 17.7 Å². The second-order valence-corrected chi connectivity index (χ2v) is 8.00. The third-order valence-electron chi connectivity index (χ3n) is 5.69. The van der Waals surface area contributed by atoms with Crippen molar-refractivity contribution >= 4 is 23.6 Å². The van der Waals surface area contributed by atoms with Gasteiger partial charge in [0.2, 0.25) is 5.91 Å². The normalized spacial score (nSPS) is 12.5. The number of amides is 4. The first-order chi connectivity index (χ1) is 15.3. The van der Waals surface area contributed by atoms with Crippen molar-refractivity contribution in [3.63, 3.8) is 0 Å². The molecule has 4 amide bonds. The Balaban J connectivity index is 3.19. The second-order valence-electron chi connectivity index (χ2n) is 8.00. The van der Waals surface area contributed by atoms with Crippen LogP contribution in [0, 0.1) is 11.8 Å². The largest absolute Gasteiger partial charge is 0.290 e. The maximum Gasteiger partial charge on any atom is 0.279 e. The average Bonchev–Trinajstić information content (AvgIpc) is 2.82. The monoisotopic (exact) mass is 446 g/mol. The van der Waals surface area contributed by atoms with Crippen LogP contribution in [0.5, 0.6) is 0 Å². The second kappa shape index (κ2) is 14.3. The Morgan fingerprint density at radius 3 is 1.81 bits per heavy atom. The van der Waals surface area contributed by atoms with Crippen LogP contribution >= 0.6 is 0 Å². The summed E-state index contributed by atoms with van der Waals surface area (Å²) in [6.07, 6.45) is 6.19. The molecule has 1 rings (SSSR count). The zero-order valence-corrected chi connectivity index (χ0v) is 19.8. The molecule has 2 unspecified atom stereocenters. The fraction of sp³-hybridized carbons (Fsp3) is 0.583. The maximum absolute atomic E-state index is 13.3. The van der Waals surface area contributed by atoms with E-state index in [4.69, 9.17) is 5.84 Å². The van der Waals surface area contributed by atoms with Crippen molar-refractivity contribution in [3.8, 4) is 0 Å². The van der Waals surface area contributed by atoms with Gasteiger partial charge in [-0.1, -0.05) is 53.4 Å². The highest BCUT2D eigenvalue weighted by Crippen LogP contribution is 2.19. The summed E-state index contributed by atoms with van der Waals surface area (Å²) >= 11 is 0. The predicted molar refractivity (Wildman–Crippen MR) is 124 cm³/mol. The van der Waals surface area contributed by atoms with Crippen molar-refractivity contribution in [1.29, 1.82) is 0 Å². The standard InChI is InChI=1S/C24H38N4O4/c1-5-9-11-17(7-3)22(30)27-28(23(31)18(8-4)12-10-6-2)24(32)20-15-13-19(14-16-20)21(29)26-25/h13-18H,5-12,25H2,1-4H3,(H,26,29)(H,27,30). The van der Waals surface area contributed by atoms with Crippen LogP contribution in [0.25, 0.3) is 0 Å². The lowest BCUT2D eigenvalue weighted by Gasteiger charge is -2.27. The minimum Gasteiger partial charge on any atom is -0.290 e. The lowest BCUT2D eigenvalue weighted by molar-refractivity contribution is -0.143. The number of benzene rings is 1. The van der Waals surface area contributed by atoms with Crippen LogP contribution in [0.3, 0.4) is 0 Å². The molecular formula is C24H38N4O4. The number of carbonyl (C=O) groups excluding carboxylic acids is 4. The molecule has 0 aliphatic rings. The fourth-order valence-corrected chi connectivity index (χ4v) is 3.49. The van der Waals surface area contributed by atoms with E-state index in [9.17, 15) is 19.2 Å². The Bertz CT molecular complexity index is 764. The van der Waals surface area contributed by atoms with E-state index in [1.807, 2.05) is 26.2 Å². The van der Waals surface area contributed by atoms with Crippen molar-refractivity contribution in [3.05, 3.63) is 35.4 Å². The number of carbonyl (C=O) groups is 4. The third kappa shape index (κ3) is 7.75. The summed E-state index contributed by atoms with van der Waals surface area (Å²) in [7, 11) is 0. The molecule has 0 saturated heterocycles. The van der Waals surface area contributed by atoms with Gasteiger partial charge in [-0.05, 0) is 49.9 Å². The van der Waals surface area contributed by atoms with Gasteiger partial charge in [0, 0.05) is 23.0 Å². The molecule has 32 heavy (non-hydrogen) atoms. The molecule has 0 bridgehead atoms. The molecule has 0 aliphatic carbocycles. The number of hydrazine groups is 2. The molecule has 0 saturated carbocycles. The van der Waals surface area contributed by atoms with Crippen LogP contribution < -0.4 is 16.7 Å². The van der Waals surface area contributed by atoms with E-state index in [0.29, 0.717) is 25.7 Å². The Hall–Kier alpha value is -2.74. The van der Waals surface area contributed by atoms with E-state index in [1.54, 1.807) is 0 Å². The molecule has 0 fully saturated rings. The van der Waals surface area contributed by atoms with Crippen LogP contribution in [-0.4, -0.2) is 28.6 Å². The van der Waals surface area contributed by atoms with E-state index in [1.165, 1.54) is 24.3 Å². The lowest BCUT2D eigenvalue weighted by Crippen LogP contribution is -2.53. The van der Waals surface area contributed by atoms with Crippen LogP contribution in [0.15, 0.2) is 24.3 Å². The zero-order chi connectivity index (χ0) is 24.1. The third-order valence-corrected chi connectivity index (χ3v) is 5.69. The van der Waals surface area contributed by atoms with Crippen LogP contribution in [0.4, 0.5) is 0 Å². The first-order valence-electron chi connectivity index (χ1n) is 11.6. The SMILES string of the molecule is CCCCC(CC)C(=O)NN(C(=O)c1ccc(C(=O)NN)cc1)C(=O)C(CC)CCCC. The van der Waals surface area contributed by atoms with Crippen LogP contribution in [0.2, 0.25) is 0 Å². The quantitative estimate of drug-likeness (QED) is 0.257. The molecule has 0 aromatic heterocycles. The molecule has 0 heterocycles. The van der Waals surface area contributed by atoms with Gasteiger partial charge in [0.15, 0.2) is 0 Å². The first-order valence-corrected chi connectivity index (χ1v) is 11.6. The van der Waals surface area contributed by atoms with E-state index in [0.717, 1.165) is 30.7 Å². The Morgan fingerprint density at radius 1 is 0.844 bits per heavy atom. The molecule has 0 spiro atoms. The number of nitrogens with zero attached hydrogens (tertiary/aromatic N) is 1. The molecule has 0 radical (unpaired) electrons. The summed E-state index contributed by atoms with van der Waals surface area (Å²) in [5.74, 6) is 2.66. The summed E-state index contributed by atoms with van der Waals surface area (Å²) in [4.78, 5) is 51.1. The summed E-state index contributed by atoms with van der Waals surface area (Å²) in [6, 6.07) is 5.79. The van der Waals surface area contributed by atoms with Crippen molar-refractivity contribution in [2.45, 2.75) is 79.1 Å². The summed E-state index contributed by atoms with van der Waals surface area (Å²) in [5.41, 5.74) is 5.12. The number of hydrogen-bond donors (Lipinski definition) is 3. The highest BCUT2D eigenvalue weighted by atomic mass is 16.2. The Kier molecular flexibility index (Phi) is 12.2. The fourth-order valence-electron chi connectivity index (χ4n) is 3.49. The minimum atomic E-state index is -0.622. The Labute approximate surface area is 191 Å².